The van der Waals surface area contributed by atoms with Crippen LogP contribution >= 0.6 is 0 Å². The van der Waals surface area contributed by atoms with Crippen molar-refractivity contribution in [3.05, 3.63) is 59.2 Å². The summed E-state index contributed by atoms with van der Waals surface area (Å²) in [5.41, 5.74) is 6.86. The van der Waals surface area contributed by atoms with Crippen LogP contribution in [0.5, 0.6) is 0 Å². The SMILES string of the molecule is CCN(C(=O)c1cc(C)ccc1NN)c1cccc(C)c1. The molecule has 0 aliphatic carbocycles. The normalized spacial score (nSPS) is 10.3. The molecule has 0 saturated heterocycles. The van der Waals surface area contributed by atoms with Gasteiger partial charge >= 0.3 is 0 Å². The molecule has 2 aromatic rings. The zero-order valence-electron chi connectivity index (χ0n) is 12.7. The van der Waals surface area contributed by atoms with Crippen LogP contribution in [-0.2, 0) is 0 Å². The van der Waals surface area contributed by atoms with Gasteiger partial charge in [-0.3, -0.25) is 10.6 Å². The van der Waals surface area contributed by atoms with E-state index in [1.54, 1.807) is 4.90 Å². The highest BCUT2D eigenvalue weighted by Gasteiger charge is 2.19. The second kappa shape index (κ2) is 6.41. The number of carbonyl (C=O) groups excluding carboxylic acids is 1. The van der Waals surface area contributed by atoms with Gasteiger partial charge in [0.1, 0.15) is 0 Å². The second-order valence-electron chi connectivity index (χ2n) is 5.08. The highest BCUT2D eigenvalue weighted by molar-refractivity contribution is 6.09. The van der Waals surface area contributed by atoms with Crippen molar-refractivity contribution in [3.63, 3.8) is 0 Å². The molecule has 0 atom stereocenters. The molecule has 0 heterocycles. The lowest BCUT2D eigenvalue weighted by Crippen LogP contribution is -2.31. The molecule has 2 aromatic carbocycles. The molecule has 0 saturated carbocycles. The molecule has 4 nitrogen and oxygen atoms in total. The largest absolute Gasteiger partial charge is 0.323 e. The fraction of sp³-hybridized carbons (Fsp3) is 0.235. The number of nitrogens with two attached hydrogens (primary N) is 1. The van der Waals surface area contributed by atoms with Crippen molar-refractivity contribution in [1.82, 2.24) is 0 Å². The van der Waals surface area contributed by atoms with Gasteiger partial charge in [-0.1, -0.05) is 23.8 Å². The van der Waals surface area contributed by atoms with Crippen LogP contribution in [0.15, 0.2) is 42.5 Å². The van der Waals surface area contributed by atoms with Crippen LogP contribution in [0.4, 0.5) is 11.4 Å². The number of hydrazine groups is 1. The Morgan fingerprint density at radius 1 is 1.14 bits per heavy atom. The van der Waals surface area contributed by atoms with Gasteiger partial charge in [-0.05, 0) is 50.6 Å². The fourth-order valence-electron chi connectivity index (χ4n) is 2.35. The second-order valence-corrected chi connectivity index (χ2v) is 5.08. The predicted octanol–water partition coefficient (Wildman–Crippen LogP) is 3.26. The number of nitrogen functional groups attached to an aromatic ring is 1. The van der Waals surface area contributed by atoms with Crippen molar-refractivity contribution >= 4 is 17.3 Å². The summed E-state index contributed by atoms with van der Waals surface area (Å²) in [4.78, 5) is 14.6. The molecule has 21 heavy (non-hydrogen) atoms. The number of rotatable bonds is 4. The highest BCUT2D eigenvalue weighted by Crippen LogP contribution is 2.23. The van der Waals surface area contributed by atoms with Crippen LogP contribution in [0.1, 0.15) is 28.4 Å². The molecule has 0 unspecified atom stereocenters. The smallest absolute Gasteiger partial charge is 0.260 e. The van der Waals surface area contributed by atoms with E-state index in [-0.39, 0.29) is 5.91 Å². The summed E-state index contributed by atoms with van der Waals surface area (Å²) in [5, 5.41) is 0. The van der Waals surface area contributed by atoms with E-state index in [9.17, 15) is 4.79 Å². The molecule has 0 aliphatic heterocycles. The van der Waals surface area contributed by atoms with Gasteiger partial charge in [0.2, 0.25) is 0 Å². The molecule has 0 aromatic heterocycles. The Morgan fingerprint density at radius 3 is 2.48 bits per heavy atom. The number of benzene rings is 2. The van der Waals surface area contributed by atoms with Gasteiger partial charge in [0.15, 0.2) is 0 Å². The van der Waals surface area contributed by atoms with E-state index in [2.05, 4.69) is 5.43 Å². The van der Waals surface area contributed by atoms with Crippen molar-refractivity contribution in [2.45, 2.75) is 20.8 Å². The van der Waals surface area contributed by atoms with E-state index < -0.39 is 0 Å². The van der Waals surface area contributed by atoms with E-state index in [1.807, 2.05) is 63.2 Å². The first-order chi connectivity index (χ1) is 10.1. The minimum Gasteiger partial charge on any atom is -0.323 e. The third-order valence-electron chi connectivity index (χ3n) is 3.44. The number of hydrogen-bond acceptors (Lipinski definition) is 3. The zero-order chi connectivity index (χ0) is 15.4. The van der Waals surface area contributed by atoms with Crippen molar-refractivity contribution in [1.29, 1.82) is 0 Å². The third kappa shape index (κ3) is 3.23. The quantitative estimate of drug-likeness (QED) is 0.669. The van der Waals surface area contributed by atoms with Crippen LogP contribution in [0.2, 0.25) is 0 Å². The van der Waals surface area contributed by atoms with Gasteiger partial charge in [-0.2, -0.15) is 0 Å². The van der Waals surface area contributed by atoms with E-state index in [0.717, 1.165) is 16.8 Å². The summed E-state index contributed by atoms with van der Waals surface area (Å²) in [6, 6.07) is 13.5. The monoisotopic (exact) mass is 283 g/mol. The van der Waals surface area contributed by atoms with E-state index in [4.69, 9.17) is 5.84 Å². The molecular formula is C17H21N3O. The average molecular weight is 283 g/mol. The van der Waals surface area contributed by atoms with Crippen LogP contribution in [0.25, 0.3) is 0 Å². The maximum atomic E-state index is 12.8. The summed E-state index contributed by atoms with van der Waals surface area (Å²) in [7, 11) is 0. The lowest BCUT2D eigenvalue weighted by atomic mass is 10.1. The lowest BCUT2D eigenvalue weighted by molar-refractivity contribution is 0.0989. The molecule has 4 heteroatoms. The molecule has 1 amide bonds. The van der Waals surface area contributed by atoms with Crippen molar-refractivity contribution in [2.75, 3.05) is 16.9 Å². The summed E-state index contributed by atoms with van der Waals surface area (Å²) in [6.45, 7) is 6.53. The van der Waals surface area contributed by atoms with Gasteiger partial charge in [0.25, 0.3) is 5.91 Å². The van der Waals surface area contributed by atoms with Crippen LogP contribution in [0.3, 0.4) is 0 Å². The first kappa shape index (κ1) is 15.1. The molecule has 0 radical (unpaired) electrons. The molecule has 2 rings (SSSR count). The van der Waals surface area contributed by atoms with Crippen molar-refractivity contribution in [3.8, 4) is 0 Å². The Labute approximate surface area is 125 Å². The number of carbonyl (C=O) groups is 1. The summed E-state index contributed by atoms with van der Waals surface area (Å²) >= 11 is 0. The zero-order valence-corrected chi connectivity index (χ0v) is 12.7. The Balaban J connectivity index is 2.43. The molecule has 0 aliphatic rings. The Hall–Kier alpha value is -2.33. The number of nitrogens with one attached hydrogen (secondary N) is 1. The van der Waals surface area contributed by atoms with E-state index >= 15 is 0 Å². The minimum absolute atomic E-state index is 0.0558. The first-order valence-corrected chi connectivity index (χ1v) is 7.02. The molecule has 0 bridgehead atoms. The summed E-state index contributed by atoms with van der Waals surface area (Å²) in [6.07, 6.45) is 0. The number of hydrogen-bond donors (Lipinski definition) is 2. The predicted molar refractivity (Wildman–Crippen MR) is 87.5 cm³/mol. The Kier molecular flexibility index (Phi) is 4.60. The Morgan fingerprint density at radius 2 is 1.86 bits per heavy atom. The van der Waals surface area contributed by atoms with E-state index in [1.165, 1.54) is 0 Å². The fourth-order valence-corrected chi connectivity index (χ4v) is 2.35. The highest BCUT2D eigenvalue weighted by atomic mass is 16.2. The maximum absolute atomic E-state index is 12.8. The van der Waals surface area contributed by atoms with Gasteiger partial charge in [0.05, 0.1) is 11.3 Å². The van der Waals surface area contributed by atoms with Crippen molar-refractivity contribution < 1.29 is 4.79 Å². The van der Waals surface area contributed by atoms with E-state index in [0.29, 0.717) is 17.8 Å². The van der Waals surface area contributed by atoms with Crippen molar-refractivity contribution in [2.24, 2.45) is 5.84 Å². The molecule has 0 spiro atoms. The Bertz CT molecular complexity index is 652. The standard InChI is InChI=1S/C17H21N3O/c1-4-20(14-7-5-6-12(2)10-14)17(21)15-11-13(3)8-9-16(15)19-18/h5-11,19H,4,18H2,1-3H3. The number of nitrogens with zero attached hydrogens (tertiary/aromatic N) is 1. The third-order valence-corrected chi connectivity index (χ3v) is 3.44. The number of anilines is 2. The first-order valence-electron chi connectivity index (χ1n) is 7.02. The van der Waals surface area contributed by atoms with Gasteiger partial charge < -0.3 is 10.3 Å². The van der Waals surface area contributed by atoms with Crippen LogP contribution in [0, 0.1) is 13.8 Å². The lowest BCUT2D eigenvalue weighted by Gasteiger charge is -2.23. The summed E-state index contributed by atoms with van der Waals surface area (Å²) in [5.74, 6) is 5.47. The van der Waals surface area contributed by atoms with Gasteiger partial charge in [-0.25, -0.2) is 0 Å². The van der Waals surface area contributed by atoms with Crippen LogP contribution < -0.4 is 16.2 Å². The van der Waals surface area contributed by atoms with Crippen LogP contribution in [-0.4, -0.2) is 12.5 Å². The summed E-state index contributed by atoms with van der Waals surface area (Å²) < 4.78 is 0. The maximum Gasteiger partial charge on any atom is 0.260 e. The molecule has 0 fully saturated rings. The van der Waals surface area contributed by atoms with Gasteiger partial charge in [-0.15, -0.1) is 0 Å². The molecular weight excluding hydrogens is 262 g/mol. The van der Waals surface area contributed by atoms with Gasteiger partial charge in [0, 0.05) is 12.2 Å². The number of amides is 1. The number of aryl methyl sites for hydroxylation is 2. The topological polar surface area (TPSA) is 58.4 Å². The minimum atomic E-state index is -0.0558. The molecule has 110 valence electrons. The average Bonchev–Trinajstić information content (AvgIpc) is 2.48. The molecule has 3 N–H and O–H groups in total.